The Hall–Kier alpha value is -2.88. The molecule has 3 aromatic rings. The van der Waals surface area contributed by atoms with Gasteiger partial charge >= 0.3 is 5.97 Å². The monoisotopic (exact) mass is 279 g/mol. The number of nitrogens with zero attached hydrogens (tertiary/aromatic N) is 1. The molecule has 1 N–H and O–H groups in total. The molecule has 104 valence electrons. The summed E-state index contributed by atoms with van der Waals surface area (Å²) in [7, 11) is 1.33. The maximum Gasteiger partial charge on any atom is 0.356 e. The number of ether oxygens (including phenoxy) is 1. The molecular formula is C17H13NO3. The molecule has 4 heteroatoms. The van der Waals surface area contributed by atoms with Crippen LogP contribution in [0, 0.1) is 0 Å². The standard InChI is InChI=1S/C17H13NO3/c1-21-17(20)16-10-14(6-7-18-16)11-2-3-13-9-15(19)5-4-12(13)8-11/h2-10,19H,1H3. The predicted octanol–water partition coefficient (Wildman–Crippen LogP) is 3.39. The number of esters is 1. The fourth-order valence-corrected chi connectivity index (χ4v) is 2.24. The van der Waals surface area contributed by atoms with Crippen molar-refractivity contribution in [3.63, 3.8) is 0 Å². The lowest BCUT2D eigenvalue weighted by atomic mass is 10.0. The molecule has 0 saturated heterocycles. The Kier molecular flexibility index (Phi) is 3.28. The van der Waals surface area contributed by atoms with Crippen LogP contribution < -0.4 is 0 Å². The molecule has 4 nitrogen and oxygen atoms in total. The predicted molar refractivity (Wildman–Crippen MR) is 80.2 cm³/mol. The highest BCUT2D eigenvalue weighted by atomic mass is 16.5. The molecule has 0 aliphatic heterocycles. The van der Waals surface area contributed by atoms with Crippen LogP contribution >= 0.6 is 0 Å². The Bertz CT molecular complexity index is 827. The summed E-state index contributed by atoms with van der Waals surface area (Å²) in [5.41, 5.74) is 2.14. The van der Waals surface area contributed by atoms with Crippen LogP contribution in [0.1, 0.15) is 10.5 Å². The van der Waals surface area contributed by atoms with Crippen LogP contribution in [-0.2, 0) is 4.74 Å². The number of carbonyl (C=O) groups is 1. The number of aromatic hydroxyl groups is 1. The zero-order valence-corrected chi connectivity index (χ0v) is 11.4. The number of aromatic nitrogens is 1. The van der Waals surface area contributed by atoms with Gasteiger partial charge in [-0.25, -0.2) is 9.78 Å². The second-order valence-corrected chi connectivity index (χ2v) is 4.67. The van der Waals surface area contributed by atoms with Crippen molar-refractivity contribution in [1.82, 2.24) is 4.98 Å². The van der Waals surface area contributed by atoms with Crippen molar-refractivity contribution in [3.05, 3.63) is 60.4 Å². The first-order valence-electron chi connectivity index (χ1n) is 6.45. The molecule has 0 aliphatic carbocycles. The zero-order chi connectivity index (χ0) is 14.8. The summed E-state index contributed by atoms with van der Waals surface area (Å²) in [5, 5.41) is 11.5. The SMILES string of the molecule is COC(=O)c1cc(-c2ccc3cc(O)ccc3c2)ccn1. The average molecular weight is 279 g/mol. The molecule has 0 amide bonds. The van der Waals surface area contributed by atoms with Crippen molar-refractivity contribution in [1.29, 1.82) is 0 Å². The second-order valence-electron chi connectivity index (χ2n) is 4.67. The Labute approximate surface area is 121 Å². The van der Waals surface area contributed by atoms with Crippen LogP contribution in [0.25, 0.3) is 21.9 Å². The van der Waals surface area contributed by atoms with E-state index in [-0.39, 0.29) is 11.4 Å². The van der Waals surface area contributed by atoms with E-state index >= 15 is 0 Å². The Morgan fingerprint density at radius 1 is 1.00 bits per heavy atom. The Balaban J connectivity index is 2.08. The molecule has 0 atom stereocenters. The molecule has 0 bridgehead atoms. The van der Waals surface area contributed by atoms with Gasteiger partial charge in [0.25, 0.3) is 0 Å². The number of methoxy groups -OCH3 is 1. The minimum atomic E-state index is -0.456. The van der Waals surface area contributed by atoms with Crippen LogP contribution in [0.15, 0.2) is 54.7 Å². The smallest absolute Gasteiger partial charge is 0.356 e. The van der Waals surface area contributed by atoms with Gasteiger partial charge in [-0.15, -0.1) is 0 Å². The van der Waals surface area contributed by atoms with Crippen LogP contribution in [0.2, 0.25) is 0 Å². The van der Waals surface area contributed by atoms with E-state index in [0.717, 1.165) is 21.9 Å². The van der Waals surface area contributed by atoms with Crippen molar-refractivity contribution >= 4 is 16.7 Å². The fourth-order valence-electron chi connectivity index (χ4n) is 2.24. The third kappa shape index (κ3) is 2.56. The average Bonchev–Trinajstić information content (AvgIpc) is 2.53. The lowest BCUT2D eigenvalue weighted by molar-refractivity contribution is 0.0594. The molecule has 0 fully saturated rings. The summed E-state index contributed by atoms with van der Waals surface area (Å²) in [6.45, 7) is 0. The number of benzene rings is 2. The van der Waals surface area contributed by atoms with Crippen molar-refractivity contribution in [2.45, 2.75) is 0 Å². The van der Waals surface area contributed by atoms with Crippen LogP contribution in [-0.4, -0.2) is 23.2 Å². The third-order valence-corrected chi connectivity index (χ3v) is 3.31. The highest BCUT2D eigenvalue weighted by molar-refractivity contribution is 5.91. The summed E-state index contributed by atoms with van der Waals surface area (Å²) in [6.07, 6.45) is 1.59. The molecule has 0 saturated carbocycles. The summed E-state index contributed by atoms with van der Waals surface area (Å²) in [6, 6.07) is 14.6. The molecule has 0 aliphatic rings. The molecule has 0 spiro atoms. The number of rotatable bonds is 2. The molecule has 0 unspecified atom stereocenters. The topological polar surface area (TPSA) is 59.4 Å². The minimum Gasteiger partial charge on any atom is -0.508 e. The Morgan fingerprint density at radius 3 is 2.52 bits per heavy atom. The quantitative estimate of drug-likeness (QED) is 0.730. The minimum absolute atomic E-state index is 0.243. The first-order valence-corrected chi connectivity index (χ1v) is 6.45. The van der Waals surface area contributed by atoms with Crippen molar-refractivity contribution in [2.24, 2.45) is 0 Å². The molecule has 2 aromatic carbocycles. The van der Waals surface area contributed by atoms with Gasteiger partial charge in [-0.05, 0) is 52.2 Å². The van der Waals surface area contributed by atoms with Gasteiger partial charge in [-0.2, -0.15) is 0 Å². The van der Waals surface area contributed by atoms with Crippen molar-refractivity contribution < 1.29 is 14.6 Å². The highest BCUT2D eigenvalue weighted by Gasteiger charge is 2.08. The molecule has 3 rings (SSSR count). The van der Waals surface area contributed by atoms with E-state index < -0.39 is 5.97 Å². The van der Waals surface area contributed by atoms with E-state index in [2.05, 4.69) is 9.72 Å². The molecule has 1 heterocycles. The first kappa shape index (κ1) is 13.1. The third-order valence-electron chi connectivity index (χ3n) is 3.31. The number of hydrogen-bond donors (Lipinski definition) is 1. The highest BCUT2D eigenvalue weighted by Crippen LogP contribution is 2.26. The van der Waals surface area contributed by atoms with Gasteiger partial charge in [0.1, 0.15) is 11.4 Å². The van der Waals surface area contributed by atoms with Crippen LogP contribution in [0.3, 0.4) is 0 Å². The van der Waals surface area contributed by atoms with Gasteiger partial charge in [-0.1, -0.05) is 18.2 Å². The number of phenolic OH excluding ortho intramolecular Hbond substituents is 1. The largest absolute Gasteiger partial charge is 0.508 e. The number of carbonyl (C=O) groups excluding carboxylic acids is 1. The summed E-state index contributed by atoms with van der Waals surface area (Å²) < 4.78 is 4.68. The molecule has 1 aromatic heterocycles. The van der Waals surface area contributed by atoms with E-state index in [9.17, 15) is 9.90 Å². The number of phenols is 1. The molecule has 0 radical (unpaired) electrons. The van der Waals surface area contributed by atoms with Gasteiger partial charge in [0.2, 0.25) is 0 Å². The van der Waals surface area contributed by atoms with Gasteiger partial charge in [0.15, 0.2) is 0 Å². The van der Waals surface area contributed by atoms with Gasteiger partial charge in [0.05, 0.1) is 7.11 Å². The first-order chi connectivity index (χ1) is 10.2. The fraction of sp³-hybridized carbons (Fsp3) is 0.0588. The van der Waals surface area contributed by atoms with Crippen molar-refractivity contribution in [3.8, 4) is 16.9 Å². The van der Waals surface area contributed by atoms with E-state index in [4.69, 9.17) is 0 Å². The lowest BCUT2D eigenvalue weighted by Gasteiger charge is -2.06. The van der Waals surface area contributed by atoms with E-state index in [1.54, 1.807) is 24.4 Å². The Morgan fingerprint density at radius 2 is 1.71 bits per heavy atom. The van der Waals surface area contributed by atoms with Crippen molar-refractivity contribution in [2.75, 3.05) is 7.11 Å². The van der Waals surface area contributed by atoms with Crippen LogP contribution in [0.5, 0.6) is 5.75 Å². The lowest BCUT2D eigenvalue weighted by Crippen LogP contribution is -2.03. The molecule has 21 heavy (non-hydrogen) atoms. The van der Waals surface area contributed by atoms with Gasteiger partial charge < -0.3 is 9.84 Å². The summed E-state index contributed by atoms with van der Waals surface area (Å²) in [4.78, 5) is 15.5. The number of pyridine rings is 1. The normalized spacial score (nSPS) is 10.5. The van der Waals surface area contributed by atoms with E-state index in [1.165, 1.54) is 7.11 Å². The van der Waals surface area contributed by atoms with Gasteiger partial charge in [-0.3, -0.25) is 0 Å². The molecular weight excluding hydrogens is 266 g/mol. The zero-order valence-electron chi connectivity index (χ0n) is 11.4. The maximum absolute atomic E-state index is 11.5. The maximum atomic E-state index is 11.5. The summed E-state index contributed by atoms with van der Waals surface area (Å²) >= 11 is 0. The summed E-state index contributed by atoms with van der Waals surface area (Å²) in [5.74, 6) is -0.213. The van der Waals surface area contributed by atoms with Crippen LogP contribution in [0.4, 0.5) is 0 Å². The van der Waals surface area contributed by atoms with E-state index in [1.807, 2.05) is 30.3 Å². The number of hydrogen-bond acceptors (Lipinski definition) is 4. The van der Waals surface area contributed by atoms with Gasteiger partial charge in [0, 0.05) is 6.20 Å². The van der Waals surface area contributed by atoms with E-state index in [0.29, 0.717) is 0 Å². The second kappa shape index (κ2) is 5.25. The number of fused-ring (bicyclic) bond motifs is 1.